The van der Waals surface area contributed by atoms with E-state index >= 15 is 0 Å². The quantitative estimate of drug-likeness (QED) is 0.172. The van der Waals surface area contributed by atoms with Crippen LogP contribution >= 0.6 is 15.9 Å². The summed E-state index contributed by atoms with van der Waals surface area (Å²) in [6, 6.07) is 14.2. The molecule has 6 rings (SSSR count). The van der Waals surface area contributed by atoms with Crippen molar-refractivity contribution in [1.29, 1.82) is 0 Å². The summed E-state index contributed by atoms with van der Waals surface area (Å²) in [5.74, 6) is 1.96. The van der Waals surface area contributed by atoms with Crippen LogP contribution in [0.1, 0.15) is 18.4 Å². The second kappa shape index (κ2) is 12.7. The number of piperidine rings is 1. The molecule has 0 spiro atoms. The second-order valence-corrected chi connectivity index (χ2v) is 11.7. The minimum atomic E-state index is -2.69. The maximum absolute atomic E-state index is 11.0. The van der Waals surface area contributed by atoms with Crippen LogP contribution in [0.3, 0.4) is 0 Å². The molecule has 0 atom stereocenters. The number of rotatable bonds is 9. The summed E-state index contributed by atoms with van der Waals surface area (Å²) in [4.78, 5) is 14.0. The van der Waals surface area contributed by atoms with Crippen LogP contribution in [-0.2, 0) is 22.2 Å². The fourth-order valence-corrected chi connectivity index (χ4v) is 6.02. The molecule has 4 N–H and O–H groups in total. The van der Waals surface area contributed by atoms with Gasteiger partial charge in [0.15, 0.2) is 5.82 Å². The van der Waals surface area contributed by atoms with Crippen LogP contribution in [0.5, 0.6) is 0 Å². The molecular formula is C27H32BrN9O3S. The van der Waals surface area contributed by atoms with Crippen molar-refractivity contribution >= 4 is 66.7 Å². The van der Waals surface area contributed by atoms with E-state index in [0.29, 0.717) is 22.3 Å². The zero-order valence-electron chi connectivity index (χ0n) is 22.3. The topological polar surface area (TPSA) is 140 Å². The normalized spacial score (nSPS) is 16.9. The lowest BCUT2D eigenvalue weighted by molar-refractivity contribution is 0.0115. The number of nitrogens with zero attached hydrogens (tertiary/aromatic N) is 5. The van der Waals surface area contributed by atoms with Gasteiger partial charge in [0, 0.05) is 61.7 Å². The number of H-pyrrole nitrogens is 1. The van der Waals surface area contributed by atoms with E-state index < -0.39 is 10.9 Å². The lowest BCUT2D eigenvalue weighted by Crippen LogP contribution is -2.49. The Kier molecular flexibility index (Phi) is 8.62. The monoisotopic (exact) mass is 641 g/mol. The first-order valence-electron chi connectivity index (χ1n) is 13.6. The number of hydrogen-bond acceptors (Lipinski definition) is 10. The van der Waals surface area contributed by atoms with E-state index in [9.17, 15) is 8.42 Å². The molecule has 2 aliphatic rings. The van der Waals surface area contributed by atoms with Crippen LogP contribution in [0, 0.1) is 0 Å². The van der Waals surface area contributed by atoms with E-state index in [2.05, 4.69) is 67.3 Å². The first-order valence-corrected chi connectivity index (χ1v) is 15.6. The fraction of sp³-hybridized carbons (Fsp3) is 0.370. The largest absolute Gasteiger partial charge is 0.379 e. The molecule has 2 aromatic heterocycles. The summed E-state index contributed by atoms with van der Waals surface area (Å²) in [6.45, 7) is 5.88. The van der Waals surface area contributed by atoms with Crippen LogP contribution < -0.4 is 20.3 Å². The number of aromatic amines is 1. The third-order valence-electron chi connectivity index (χ3n) is 7.54. The van der Waals surface area contributed by atoms with Crippen molar-refractivity contribution < 1.29 is 13.2 Å². The van der Waals surface area contributed by atoms with Gasteiger partial charge in [0.25, 0.3) is 0 Å². The number of nitrogens with one attached hydrogen (secondary N) is 4. The molecule has 14 heteroatoms. The van der Waals surface area contributed by atoms with Crippen molar-refractivity contribution in [3.8, 4) is 0 Å². The summed E-state index contributed by atoms with van der Waals surface area (Å²) in [5.41, 5.74) is 3.30. The van der Waals surface area contributed by atoms with Gasteiger partial charge in [0.1, 0.15) is 5.82 Å². The lowest BCUT2D eigenvalue weighted by atomic mass is 10.0. The minimum absolute atomic E-state index is 0.174. The highest BCUT2D eigenvalue weighted by Gasteiger charge is 2.27. The lowest BCUT2D eigenvalue weighted by Gasteiger charge is -2.40. The number of ether oxygens (including phenoxy) is 1. The van der Waals surface area contributed by atoms with Gasteiger partial charge in [0.05, 0.1) is 23.2 Å². The van der Waals surface area contributed by atoms with Gasteiger partial charge in [0.2, 0.25) is 16.8 Å². The molecule has 41 heavy (non-hydrogen) atoms. The molecule has 216 valence electrons. The Balaban J connectivity index is 1.13. The Hall–Kier alpha value is -3.30. The zero-order valence-corrected chi connectivity index (χ0v) is 24.8. The Bertz CT molecular complexity index is 1580. The van der Waals surface area contributed by atoms with Crippen molar-refractivity contribution in [2.45, 2.75) is 25.4 Å². The van der Waals surface area contributed by atoms with E-state index in [-0.39, 0.29) is 6.54 Å². The molecule has 2 aromatic carbocycles. The molecule has 0 amide bonds. The molecule has 0 bridgehead atoms. The zero-order chi connectivity index (χ0) is 28.2. The van der Waals surface area contributed by atoms with Gasteiger partial charge in [-0.05, 0) is 58.6 Å². The number of anilines is 5. The molecule has 0 radical (unpaired) electrons. The average molecular weight is 643 g/mol. The Morgan fingerprint density at radius 2 is 1.85 bits per heavy atom. The highest BCUT2D eigenvalue weighted by atomic mass is 79.9. The molecule has 4 heterocycles. The number of thiol groups is 1. The standard InChI is InChI=1S/C27H32BrN9O3S/c28-22-17-29-27(33-25(22)32-23-4-2-1-3-18(23)16-30-41(38)39)31-19-5-6-21-24(15-19)34-35-26(21)37-9-7-20(8-10-37)36-11-13-40-14-12-36/h1-6,15,17,20,41H,7-14,16H2,(H,34,35)(H,30,38,39)(H2,29,31,32,33). The first-order chi connectivity index (χ1) is 20.0. The third-order valence-corrected chi connectivity index (χ3v) is 8.53. The predicted molar refractivity (Wildman–Crippen MR) is 164 cm³/mol. The predicted octanol–water partition coefficient (Wildman–Crippen LogP) is 3.52. The van der Waals surface area contributed by atoms with Crippen LogP contribution in [-0.4, -0.2) is 78.9 Å². The summed E-state index contributed by atoms with van der Waals surface area (Å²) >= 11 is 3.51. The maximum atomic E-state index is 11.0. The Morgan fingerprint density at radius 1 is 1.05 bits per heavy atom. The summed E-state index contributed by atoms with van der Waals surface area (Å²) in [7, 11) is -2.69. The number of halogens is 1. The summed E-state index contributed by atoms with van der Waals surface area (Å²) < 4.78 is 30.6. The molecule has 12 nitrogen and oxygen atoms in total. The molecule has 4 aromatic rings. The second-order valence-electron chi connectivity index (χ2n) is 10.1. The Morgan fingerprint density at radius 3 is 2.66 bits per heavy atom. The van der Waals surface area contributed by atoms with Crippen LogP contribution in [0.4, 0.5) is 29.0 Å². The highest BCUT2D eigenvalue weighted by Crippen LogP contribution is 2.31. The van der Waals surface area contributed by atoms with Gasteiger partial charge in [-0.25, -0.2) is 18.1 Å². The molecule has 0 aliphatic carbocycles. The van der Waals surface area contributed by atoms with Gasteiger partial charge in [-0.2, -0.15) is 10.1 Å². The number of benzene rings is 2. The van der Waals surface area contributed by atoms with Crippen LogP contribution in [0.15, 0.2) is 53.1 Å². The van der Waals surface area contributed by atoms with E-state index in [1.165, 1.54) is 0 Å². The minimum Gasteiger partial charge on any atom is -0.379 e. The SMILES string of the molecule is O=[SH](=O)NCc1ccccc1Nc1nc(Nc2ccc3c(N4CCC(N5CCOCC5)CC4)n[nH]c3c2)ncc1Br. The molecular weight excluding hydrogens is 610 g/mol. The summed E-state index contributed by atoms with van der Waals surface area (Å²) in [6.07, 6.45) is 3.93. The van der Waals surface area contributed by atoms with Gasteiger partial charge in [-0.3, -0.25) is 10.00 Å². The average Bonchev–Trinajstić information content (AvgIpc) is 3.42. The number of aromatic nitrogens is 4. The number of morpholine rings is 1. The molecule has 0 unspecified atom stereocenters. The Labute approximate surface area is 248 Å². The van der Waals surface area contributed by atoms with Gasteiger partial charge >= 0.3 is 0 Å². The maximum Gasteiger partial charge on any atom is 0.229 e. The number of hydrogen-bond donors (Lipinski definition) is 5. The fourth-order valence-electron chi connectivity index (χ4n) is 5.43. The molecule has 2 aliphatic heterocycles. The number of fused-ring (bicyclic) bond motifs is 1. The van der Waals surface area contributed by atoms with Gasteiger partial charge < -0.3 is 20.3 Å². The van der Waals surface area contributed by atoms with E-state index in [4.69, 9.17) is 4.74 Å². The van der Waals surface area contributed by atoms with Crippen molar-refractivity contribution in [2.75, 3.05) is 54.9 Å². The van der Waals surface area contributed by atoms with Crippen molar-refractivity contribution in [3.05, 3.63) is 58.7 Å². The van der Waals surface area contributed by atoms with Crippen LogP contribution in [0.2, 0.25) is 0 Å². The molecule has 2 saturated heterocycles. The van der Waals surface area contributed by atoms with Crippen molar-refractivity contribution in [2.24, 2.45) is 0 Å². The van der Waals surface area contributed by atoms with Gasteiger partial charge in [-0.15, -0.1) is 0 Å². The smallest absolute Gasteiger partial charge is 0.229 e. The van der Waals surface area contributed by atoms with E-state index in [0.717, 1.165) is 85.9 Å². The third kappa shape index (κ3) is 6.62. The molecule has 2 fully saturated rings. The van der Waals surface area contributed by atoms with Crippen molar-refractivity contribution in [1.82, 2.24) is 29.8 Å². The highest BCUT2D eigenvalue weighted by molar-refractivity contribution is 9.10. The first kappa shape index (κ1) is 27.8. The summed E-state index contributed by atoms with van der Waals surface area (Å²) in [5, 5.41) is 15.5. The van der Waals surface area contributed by atoms with Crippen molar-refractivity contribution in [3.63, 3.8) is 0 Å². The van der Waals surface area contributed by atoms with E-state index in [1.807, 2.05) is 36.4 Å². The number of para-hydroxylation sites is 1. The van der Waals surface area contributed by atoms with Gasteiger partial charge in [-0.1, -0.05) is 18.2 Å². The molecule has 0 saturated carbocycles. The van der Waals surface area contributed by atoms with Crippen LogP contribution in [0.25, 0.3) is 10.9 Å². The van der Waals surface area contributed by atoms with E-state index in [1.54, 1.807) is 6.20 Å².